The summed E-state index contributed by atoms with van der Waals surface area (Å²) in [5.74, 6) is 4.70. The molecule has 184 valence electrons. The zero-order valence-electron chi connectivity index (χ0n) is 18.3. The van der Waals surface area contributed by atoms with Crippen molar-refractivity contribution in [3.8, 4) is 0 Å². The van der Waals surface area contributed by atoms with Crippen molar-refractivity contribution >= 4 is 27.0 Å². The predicted octanol–water partition coefficient (Wildman–Crippen LogP) is 1.22. The van der Waals surface area contributed by atoms with E-state index in [1.165, 1.54) is 27.5 Å². The summed E-state index contributed by atoms with van der Waals surface area (Å²) in [4.78, 5) is 36.0. The molecule has 16 heteroatoms. The van der Waals surface area contributed by atoms with Gasteiger partial charge >= 0.3 is 20.4 Å². The van der Waals surface area contributed by atoms with E-state index in [1.54, 1.807) is 0 Å². The van der Waals surface area contributed by atoms with E-state index >= 15 is 0 Å². The Morgan fingerprint density at radius 2 is 1.91 bits per heavy atom. The first-order chi connectivity index (χ1) is 15.1. The molecule has 0 amide bonds. The van der Waals surface area contributed by atoms with E-state index in [9.17, 15) is 19.0 Å². The minimum absolute atomic E-state index is 0.368. The van der Waals surface area contributed by atoms with E-state index in [-0.39, 0.29) is 5.92 Å². The molecular weight excluding hydrogens is 488 g/mol. The van der Waals surface area contributed by atoms with Crippen LogP contribution >= 0.6 is 27.0 Å². The fraction of sp³-hybridized carbons (Fsp3) is 0.750. The predicted molar refractivity (Wildman–Crippen MR) is 119 cm³/mol. The molecule has 0 radical (unpaired) electrons. The summed E-state index contributed by atoms with van der Waals surface area (Å²) in [7, 11) is -3.22. The minimum atomic E-state index is -3.75. The van der Waals surface area contributed by atoms with Gasteiger partial charge in [-0.1, -0.05) is 18.5 Å². The molecule has 32 heavy (non-hydrogen) atoms. The third kappa shape index (κ3) is 5.70. The lowest BCUT2D eigenvalue weighted by atomic mass is 10.1. The fourth-order valence-corrected chi connectivity index (χ4v) is 6.44. The van der Waals surface area contributed by atoms with Crippen LogP contribution in [0.3, 0.4) is 0 Å². The van der Waals surface area contributed by atoms with Crippen LogP contribution in [0.4, 0.5) is 0 Å². The Hall–Kier alpha value is -0.630. The molecule has 1 saturated carbocycles. The maximum atomic E-state index is 12.8. The van der Waals surface area contributed by atoms with Crippen LogP contribution in [0.5, 0.6) is 0 Å². The summed E-state index contributed by atoms with van der Waals surface area (Å²) < 4.78 is 45.6. The second-order valence-electron chi connectivity index (χ2n) is 6.75. The molecule has 1 saturated heterocycles. The second-order valence-corrected chi connectivity index (χ2v) is 12.1. The van der Waals surface area contributed by atoms with Gasteiger partial charge in [0.25, 0.3) is 5.56 Å². The number of nitrogens with one attached hydrogen (secondary N) is 1. The van der Waals surface area contributed by atoms with E-state index < -0.39 is 56.2 Å². The maximum absolute atomic E-state index is 12.8. The van der Waals surface area contributed by atoms with Crippen molar-refractivity contribution in [1.82, 2.24) is 9.55 Å². The lowest BCUT2D eigenvalue weighted by Crippen LogP contribution is -2.40. The summed E-state index contributed by atoms with van der Waals surface area (Å²) >= 11 is 3.90. The standard InChI is InChI=1S/C14H23N3O10P2S.C2H6/c1-22-12-11(26-29(21,30)27-15)10(7-6-8(7)28(20,23-2)24-3)25-13(12)17-5-4-9(18)16-14(17)19;1-2/h4-5,7-8,10-13,21,30H,6,15H2,1-3H3;1-2H3/p+1. The first-order valence-corrected chi connectivity index (χ1v) is 14.1. The SMILES string of the molecule is CC.COC1C(O[P+](O)(S)ON)C(C2CC2P(=O)(OC)OC)OC1n1ccc(=O)[nH]c1=O. The van der Waals surface area contributed by atoms with Crippen LogP contribution in [0, 0.1) is 5.92 Å². The number of nitrogens with two attached hydrogens (primary N) is 1. The first-order valence-electron chi connectivity index (χ1n) is 9.73. The zero-order valence-corrected chi connectivity index (χ0v) is 21.0. The van der Waals surface area contributed by atoms with Gasteiger partial charge in [-0.25, -0.2) is 4.79 Å². The number of aromatic nitrogens is 2. The highest BCUT2D eigenvalue weighted by atomic mass is 32.7. The Labute approximate surface area is 190 Å². The van der Waals surface area contributed by atoms with Crippen molar-refractivity contribution < 1.29 is 37.1 Å². The van der Waals surface area contributed by atoms with Gasteiger partial charge in [-0.2, -0.15) is 15.3 Å². The normalized spacial score (nSPS) is 31.5. The van der Waals surface area contributed by atoms with Gasteiger partial charge in [0.15, 0.2) is 12.3 Å². The molecule has 2 fully saturated rings. The van der Waals surface area contributed by atoms with Crippen LogP contribution in [-0.2, 0) is 32.2 Å². The zero-order chi connectivity index (χ0) is 24.3. The van der Waals surface area contributed by atoms with Gasteiger partial charge in [-0.05, 0) is 6.42 Å². The number of nitrogens with zero attached hydrogens (tertiary/aromatic N) is 1. The molecule has 7 unspecified atom stereocenters. The molecule has 0 spiro atoms. The van der Waals surface area contributed by atoms with Crippen molar-refractivity contribution in [2.24, 2.45) is 11.8 Å². The molecule has 0 bridgehead atoms. The highest BCUT2D eigenvalue weighted by molar-refractivity contribution is 8.47. The highest BCUT2D eigenvalue weighted by Crippen LogP contribution is 2.68. The summed E-state index contributed by atoms with van der Waals surface area (Å²) in [5.41, 5.74) is -1.80. The van der Waals surface area contributed by atoms with Crippen LogP contribution in [0.2, 0.25) is 0 Å². The number of rotatable bonds is 9. The monoisotopic (exact) mass is 518 g/mol. The first kappa shape index (κ1) is 27.6. The van der Waals surface area contributed by atoms with Gasteiger partial charge in [0.2, 0.25) is 0 Å². The molecule has 1 aromatic rings. The van der Waals surface area contributed by atoms with Crippen LogP contribution in [0.15, 0.2) is 21.9 Å². The number of hydrogen-bond acceptors (Lipinski definition) is 12. The van der Waals surface area contributed by atoms with E-state index in [2.05, 4.69) is 21.9 Å². The number of hydrogen-bond donors (Lipinski definition) is 4. The van der Waals surface area contributed by atoms with Crippen LogP contribution in [-0.4, -0.2) is 59.7 Å². The molecule has 1 aliphatic heterocycles. The van der Waals surface area contributed by atoms with Crippen molar-refractivity contribution in [2.45, 2.75) is 50.5 Å². The van der Waals surface area contributed by atoms with Gasteiger partial charge in [0.1, 0.15) is 6.10 Å². The summed E-state index contributed by atoms with van der Waals surface area (Å²) in [6.45, 7) is 4.00. The van der Waals surface area contributed by atoms with Crippen LogP contribution in [0.25, 0.3) is 0 Å². The average molecular weight is 518 g/mol. The minimum Gasteiger partial charge on any atom is -0.374 e. The van der Waals surface area contributed by atoms with Crippen molar-refractivity contribution in [2.75, 3.05) is 21.3 Å². The van der Waals surface area contributed by atoms with Gasteiger partial charge in [-0.15, -0.1) is 0 Å². The third-order valence-electron chi connectivity index (χ3n) is 5.16. The smallest absolute Gasteiger partial charge is 0.374 e. The van der Waals surface area contributed by atoms with E-state index in [1.807, 2.05) is 13.8 Å². The molecule has 3 rings (SSSR count). The quantitative estimate of drug-likeness (QED) is 0.210. The maximum Gasteiger partial charge on any atom is 0.494 e. The van der Waals surface area contributed by atoms with Crippen LogP contribution < -0.4 is 17.1 Å². The molecule has 1 aromatic heterocycles. The molecule has 2 heterocycles. The Morgan fingerprint density at radius 1 is 1.28 bits per heavy atom. The molecule has 0 aromatic carbocycles. The lowest BCUT2D eigenvalue weighted by molar-refractivity contribution is -0.0571. The van der Waals surface area contributed by atoms with Crippen molar-refractivity contribution in [3.05, 3.63) is 33.1 Å². The van der Waals surface area contributed by atoms with Gasteiger partial charge < -0.3 is 18.5 Å². The lowest BCUT2D eigenvalue weighted by Gasteiger charge is -2.23. The van der Waals surface area contributed by atoms with Crippen molar-refractivity contribution in [3.63, 3.8) is 0 Å². The Bertz CT molecular complexity index is 920. The fourth-order valence-electron chi connectivity index (χ4n) is 3.68. The summed E-state index contributed by atoms with van der Waals surface area (Å²) in [5, 5.41) is 0. The van der Waals surface area contributed by atoms with Gasteiger partial charge in [0.05, 0.1) is 24.0 Å². The number of aromatic amines is 1. The largest absolute Gasteiger partial charge is 0.494 e. The number of thiol groups is 1. The van der Waals surface area contributed by atoms with Gasteiger partial charge in [0, 0.05) is 39.5 Å². The van der Waals surface area contributed by atoms with Gasteiger partial charge in [-0.3, -0.25) is 18.9 Å². The van der Waals surface area contributed by atoms with E-state index in [0.29, 0.717) is 6.42 Å². The average Bonchev–Trinajstić information content (AvgIpc) is 3.51. The Balaban J connectivity index is 0.00000176. The van der Waals surface area contributed by atoms with Crippen LogP contribution in [0.1, 0.15) is 26.5 Å². The Kier molecular flexibility index (Phi) is 9.66. The van der Waals surface area contributed by atoms with Crippen molar-refractivity contribution in [1.29, 1.82) is 0 Å². The second kappa shape index (κ2) is 11.2. The Morgan fingerprint density at radius 3 is 2.41 bits per heavy atom. The molecule has 1 aliphatic carbocycles. The molecule has 7 atom stereocenters. The summed E-state index contributed by atoms with van der Waals surface area (Å²) in [6.07, 6.45) is -2.12. The molecular formula is C16H30N3O10P2S+. The topological polar surface area (TPSA) is 174 Å². The van der Waals surface area contributed by atoms with E-state index in [0.717, 1.165) is 10.6 Å². The molecule has 4 N–H and O–H groups in total. The third-order valence-corrected chi connectivity index (χ3v) is 8.94. The molecule has 13 nitrogen and oxygen atoms in total. The summed E-state index contributed by atoms with van der Waals surface area (Å²) in [6, 6.07) is 1.15. The number of H-pyrrole nitrogens is 1. The number of methoxy groups -OCH3 is 1. The highest BCUT2D eigenvalue weighted by Gasteiger charge is 2.64. The molecule has 2 aliphatic rings. The van der Waals surface area contributed by atoms with E-state index in [4.69, 9.17) is 28.9 Å². The number of ether oxygens (including phenoxy) is 2.